The lowest BCUT2D eigenvalue weighted by molar-refractivity contribution is 0.217. The van der Waals surface area contributed by atoms with E-state index in [1.165, 1.54) is 19.2 Å². The van der Waals surface area contributed by atoms with Crippen molar-refractivity contribution in [1.29, 1.82) is 5.26 Å². The summed E-state index contributed by atoms with van der Waals surface area (Å²) in [6, 6.07) is 7.86. The quantitative estimate of drug-likeness (QED) is 0.766. The summed E-state index contributed by atoms with van der Waals surface area (Å²) in [5, 5.41) is 8.63. The third-order valence-corrected chi connectivity index (χ3v) is 3.55. The van der Waals surface area contributed by atoms with Crippen LogP contribution in [0.15, 0.2) is 29.2 Å². The van der Waals surface area contributed by atoms with E-state index in [4.69, 9.17) is 10.00 Å². The molecule has 15 heavy (non-hydrogen) atoms. The Hall–Kier alpha value is -1.38. The van der Waals surface area contributed by atoms with E-state index in [9.17, 15) is 8.42 Å². The molecule has 5 heteroatoms. The first-order chi connectivity index (χ1) is 7.10. The van der Waals surface area contributed by atoms with Crippen LogP contribution < -0.4 is 0 Å². The second-order valence-electron chi connectivity index (χ2n) is 2.95. The number of nitrogens with zero attached hydrogens (tertiary/aromatic N) is 1. The van der Waals surface area contributed by atoms with Crippen LogP contribution in [-0.2, 0) is 14.6 Å². The lowest BCUT2D eigenvalue weighted by Gasteiger charge is -2.03. The predicted molar refractivity (Wildman–Crippen MR) is 55.1 cm³/mol. The highest BCUT2D eigenvalue weighted by Gasteiger charge is 2.13. The molecule has 0 aromatic heterocycles. The molecule has 0 amide bonds. The van der Waals surface area contributed by atoms with Gasteiger partial charge in [-0.1, -0.05) is 6.07 Å². The molecule has 0 bridgehead atoms. The average molecular weight is 225 g/mol. The van der Waals surface area contributed by atoms with Gasteiger partial charge >= 0.3 is 0 Å². The highest BCUT2D eigenvalue weighted by molar-refractivity contribution is 7.91. The summed E-state index contributed by atoms with van der Waals surface area (Å²) in [6.07, 6.45) is 0. The lowest BCUT2D eigenvalue weighted by Crippen LogP contribution is -2.11. The molecule has 0 saturated heterocycles. The minimum atomic E-state index is -3.33. The Morgan fingerprint density at radius 1 is 1.47 bits per heavy atom. The molecular formula is C10H11NO3S. The number of nitriles is 1. The summed E-state index contributed by atoms with van der Waals surface area (Å²) in [5.41, 5.74) is 0.341. The zero-order valence-electron chi connectivity index (χ0n) is 8.30. The molecule has 0 N–H and O–H groups in total. The molecule has 0 aliphatic carbocycles. The summed E-state index contributed by atoms with van der Waals surface area (Å²) in [5.74, 6) is -0.0710. The van der Waals surface area contributed by atoms with E-state index in [1.807, 2.05) is 6.07 Å². The number of benzene rings is 1. The van der Waals surface area contributed by atoms with E-state index in [0.717, 1.165) is 0 Å². The normalized spacial score (nSPS) is 10.9. The molecule has 0 heterocycles. The Balaban J connectivity index is 3.01. The van der Waals surface area contributed by atoms with Crippen molar-refractivity contribution in [3.8, 4) is 6.07 Å². The fraction of sp³-hybridized carbons (Fsp3) is 0.300. The fourth-order valence-corrected chi connectivity index (χ4v) is 2.28. The molecule has 1 aromatic carbocycles. The van der Waals surface area contributed by atoms with Crippen molar-refractivity contribution in [3.05, 3.63) is 29.8 Å². The van der Waals surface area contributed by atoms with Gasteiger partial charge in [-0.15, -0.1) is 0 Å². The van der Waals surface area contributed by atoms with Gasteiger partial charge in [-0.05, 0) is 18.2 Å². The Morgan fingerprint density at radius 2 is 2.20 bits per heavy atom. The minimum Gasteiger partial charge on any atom is -0.384 e. The minimum absolute atomic E-state index is 0.0710. The molecule has 4 nitrogen and oxygen atoms in total. The van der Waals surface area contributed by atoms with Gasteiger partial charge in [0.1, 0.15) is 0 Å². The number of hydrogen-bond donors (Lipinski definition) is 0. The molecule has 0 aliphatic heterocycles. The second kappa shape index (κ2) is 4.91. The molecule has 0 spiro atoms. The van der Waals surface area contributed by atoms with Gasteiger partial charge in [0.15, 0.2) is 9.84 Å². The number of ether oxygens (including phenoxy) is 1. The number of sulfone groups is 1. The molecular weight excluding hydrogens is 214 g/mol. The third-order valence-electron chi connectivity index (χ3n) is 1.88. The van der Waals surface area contributed by atoms with Gasteiger partial charge in [0.2, 0.25) is 0 Å². The maximum atomic E-state index is 11.7. The van der Waals surface area contributed by atoms with Gasteiger partial charge in [-0.2, -0.15) is 5.26 Å². The maximum absolute atomic E-state index is 11.7. The predicted octanol–water partition coefficient (Wildman–Crippen LogP) is 0.978. The molecule has 0 unspecified atom stereocenters. The molecule has 1 rings (SSSR count). The summed E-state index contributed by atoms with van der Waals surface area (Å²) in [4.78, 5) is 0.165. The monoisotopic (exact) mass is 225 g/mol. The van der Waals surface area contributed by atoms with E-state index in [-0.39, 0.29) is 17.3 Å². The standard InChI is InChI=1S/C10H11NO3S/c1-14-5-6-15(12,13)10-4-2-3-9(7-10)8-11/h2-4,7H,5-6H2,1H3. The van der Waals surface area contributed by atoms with Gasteiger partial charge < -0.3 is 4.74 Å². The van der Waals surface area contributed by atoms with E-state index in [2.05, 4.69) is 0 Å². The van der Waals surface area contributed by atoms with Crippen LogP contribution in [-0.4, -0.2) is 27.9 Å². The van der Waals surface area contributed by atoms with Crippen LogP contribution in [0.5, 0.6) is 0 Å². The summed E-state index contributed by atoms with van der Waals surface area (Å²) < 4.78 is 28.1. The fourth-order valence-electron chi connectivity index (χ4n) is 1.07. The molecule has 0 fully saturated rings. The van der Waals surface area contributed by atoms with Crippen molar-refractivity contribution in [2.45, 2.75) is 4.90 Å². The molecule has 0 saturated carbocycles. The molecule has 1 aromatic rings. The Labute approximate surface area is 89.0 Å². The van der Waals surface area contributed by atoms with Crippen molar-refractivity contribution in [2.75, 3.05) is 19.5 Å². The summed E-state index contributed by atoms with van der Waals surface area (Å²) in [7, 11) is -1.89. The van der Waals surface area contributed by atoms with Crippen LogP contribution in [0.2, 0.25) is 0 Å². The first-order valence-corrected chi connectivity index (χ1v) is 5.97. The zero-order valence-corrected chi connectivity index (χ0v) is 9.12. The smallest absolute Gasteiger partial charge is 0.180 e. The second-order valence-corrected chi connectivity index (χ2v) is 5.06. The van der Waals surface area contributed by atoms with Crippen molar-refractivity contribution in [1.82, 2.24) is 0 Å². The van der Waals surface area contributed by atoms with Crippen molar-refractivity contribution in [3.63, 3.8) is 0 Å². The van der Waals surface area contributed by atoms with Gasteiger partial charge in [0, 0.05) is 7.11 Å². The van der Waals surface area contributed by atoms with Crippen molar-refractivity contribution >= 4 is 9.84 Å². The van der Waals surface area contributed by atoms with E-state index < -0.39 is 9.84 Å². The van der Waals surface area contributed by atoms with Crippen molar-refractivity contribution in [2.24, 2.45) is 0 Å². The highest BCUT2D eigenvalue weighted by atomic mass is 32.2. The summed E-state index contributed by atoms with van der Waals surface area (Å²) in [6.45, 7) is 0.152. The van der Waals surface area contributed by atoms with E-state index in [0.29, 0.717) is 5.56 Å². The third kappa shape index (κ3) is 3.05. The van der Waals surface area contributed by atoms with Crippen LogP contribution in [0.1, 0.15) is 5.56 Å². The van der Waals surface area contributed by atoms with E-state index >= 15 is 0 Å². The van der Waals surface area contributed by atoms with Gasteiger partial charge in [0.25, 0.3) is 0 Å². The van der Waals surface area contributed by atoms with Crippen LogP contribution >= 0.6 is 0 Å². The number of hydrogen-bond acceptors (Lipinski definition) is 4. The van der Waals surface area contributed by atoms with Crippen LogP contribution in [0.3, 0.4) is 0 Å². The first kappa shape index (κ1) is 11.7. The lowest BCUT2D eigenvalue weighted by atomic mass is 10.2. The molecule has 0 aliphatic rings. The SMILES string of the molecule is COCCS(=O)(=O)c1cccc(C#N)c1. The maximum Gasteiger partial charge on any atom is 0.180 e. The number of methoxy groups -OCH3 is 1. The Morgan fingerprint density at radius 3 is 2.80 bits per heavy atom. The van der Waals surface area contributed by atoms with Gasteiger partial charge in [0.05, 0.1) is 28.9 Å². The van der Waals surface area contributed by atoms with Gasteiger partial charge in [-0.25, -0.2) is 8.42 Å². The zero-order chi connectivity index (χ0) is 11.3. The first-order valence-electron chi connectivity index (χ1n) is 4.32. The largest absolute Gasteiger partial charge is 0.384 e. The topological polar surface area (TPSA) is 67.2 Å². The summed E-state index contributed by atoms with van der Waals surface area (Å²) >= 11 is 0. The van der Waals surface area contributed by atoms with Crippen LogP contribution in [0.4, 0.5) is 0 Å². The van der Waals surface area contributed by atoms with Crippen molar-refractivity contribution < 1.29 is 13.2 Å². The highest BCUT2D eigenvalue weighted by Crippen LogP contribution is 2.12. The van der Waals surface area contributed by atoms with Crippen LogP contribution in [0, 0.1) is 11.3 Å². The Kier molecular flexibility index (Phi) is 3.83. The number of rotatable bonds is 4. The molecule has 80 valence electrons. The van der Waals surface area contributed by atoms with Gasteiger partial charge in [-0.3, -0.25) is 0 Å². The molecule has 0 atom stereocenters. The van der Waals surface area contributed by atoms with Crippen LogP contribution in [0.25, 0.3) is 0 Å². The Bertz CT molecular complexity index is 474. The van der Waals surface area contributed by atoms with E-state index in [1.54, 1.807) is 12.1 Å². The average Bonchev–Trinajstić information content (AvgIpc) is 2.26. The molecule has 0 radical (unpaired) electrons.